The Hall–Kier alpha value is -1.88. The van der Waals surface area contributed by atoms with E-state index in [2.05, 4.69) is 5.32 Å². The number of aliphatic hydroxyl groups excluding tert-OH is 4. The highest BCUT2D eigenvalue weighted by molar-refractivity contribution is 5.82. The van der Waals surface area contributed by atoms with Crippen LogP contribution in [0, 0.1) is 17.8 Å². The molecule has 0 aromatic carbocycles. The van der Waals surface area contributed by atoms with Gasteiger partial charge in [0.1, 0.15) is 41.8 Å². The number of amides is 1. The smallest absolute Gasteiger partial charge is 0.220 e. The van der Waals surface area contributed by atoms with Crippen molar-refractivity contribution < 1.29 is 58.6 Å². The van der Waals surface area contributed by atoms with E-state index >= 15 is 0 Å². The highest BCUT2D eigenvalue weighted by atomic mass is 16.7. The van der Waals surface area contributed by atoms with Gasteiger partial charge in [-0.3, -0.25) is 19.2 Å². The number of carbonyl (C=O) groups excluding carboxylic acids is 4. The molecule has 14 nitrogen and oxygen atoms in total. The number of unbranched alkanes of at least 4 members (excludes halogenated alkanes) is 1. The van der Waals surface area contributed by atoms with Gasteiger partial charge >= 0.3 is 0 Å². The van der Waals surface area contributed by atoms with Gasteiger partial charge in [-0.1, -0.05) is 41.5 Å². The summed E-state index contributed by atoms with van der Waals surface area (Å²) in [5.74, 6) is 0.648. The molecule has 7 N–H and O–H groups in total. The number of nitrogens with one attached hydrogen (secondary N) is 1. The maximum Gasteiger partial charge on any atom is 0.220 e. The monoisotopic (exact) mass is 652 g/mol. The molecule has 1 saturated heterocycles. The lowest BCUT2D eigenvalue weighted by Gasteiger charge is -2.39. The number of ether oxygens (including phenoxy) is 4. The van der Waals surface area contributed by atoms with E-state index in [-0.39, 0.29) is 60.7 Å². The quantitative estimate of drug-likeness (QED) is 0.0964. The molecule has 266 valence electrons. The average Bonchev–Trinajstić information content (AvgIpc) is 3.00. The number of rotatable bonds is 20. The van der Waals surface area contributed by atoms with Crippen molar-refractivity contribution in [1.82, 2.24) is 5.32 Å². The molecule has 1 aliphatic rings. The lowest BCUT2D eigenvalue weighted by molar-refractivity contribution is -0.300. The van der Waals surface area contributed by atoms with Crippen LogP contribution in [0.15, 0.2) is 0 Å². The first-order valence-electron chi connectivity index (χ1n) is 15.7. The van der Waals surface area contributed by atoms with Crippen LogP contribution in [0.25, 0.3) is 0 Å². The number of hydrogen-bond acceptors (Lipinski definition) is 13. The molecule has 1 heterocycles. The fraction of sp³-hybridized carbons (Fsp3) is 0.871. The summed E-state index contributed by atoms with van der Waals surface area (Å²) >= 11 is 0. The van der Waals surface area contributed by atoms with E-state index < -0.39 is 37.3 Å². The molecule has 1 aliphatic heterocycles. The molecule has 0 bridgehead atoms. The van der Waals surface area contributed by atoms with Crippen LogP contribution in [0.2, 0.25) is 0 Å². The van der Waals surface area contributed by atoms with E-state index in [0.29, 0.717) is 51.9 Å². The highest BCUT2D eigenvalue weighted by Gasteiger charge is 2.43. The first-order chi connectivity index (χ1) is 21.1. The minimum absolute atomic E-state index is 0.0170. The molecule has 0 radical (unpaired) electrons. The molecule has 14 heteroatoms. The Morgan fingerprint density at radius 1 is 0.756 bits per heavy atom. The van der Waals surface area contributed by atoms with Gasteiger partial charge in [-0.25, -0.2) is 0 Å². The highest BCUT2D eigenvalue weighted by Crippen LogP contribution is 2.21. The summed E-state index contributed by atoms with van der Waals surface area (Å²) in [6.45, 7) is 12.7. The summed E-state index contributed by atoms with van der Waals surface area (Å²) in [7, 11) is 1.63. The third-order valence-electron chi connectivity index (χ3n) is 6.69. The van der Waals surface area contributed by atoms with Gasteiger partial charge in [0.15, 0.2) is 6.29 Å². The normalized spacial score (nSPS) is 21.1. The molecular formula is C31H60N2O12. The number of methoxy groups -OCH3 is 1. The maximum atomic E-state index is 11.7. The van der Waals surface area contributed by atoms with Crippen molar-refractivity contribution in [3.8, 4) is 0 Å². The molecule has 45 heavy (non-hydrogen) atoms. The van der Waals surface area contributed by atoms with Gasteiger partial charge < -0.3 is 50.4 Å². The Morgan fingerprint density at radius 2 is 1.31 bits per heavy atom. The lowest BCUT2D eigenvalue weighted by Crippen LogP contribution is -2.59. The first kappa shape index (κ1) is 45.2. The van der Waals surface area contributed by atoms with E-state index in [1.165, 1.54) is 0 Å². The van der Waals surface area contributed by atoms with E-state index in [0.717, 1.165) is 0 Å². The predicted molar refractivity (Wildman–Crippen MR) is 167 cm³/mol. The van der Waals surface area contributed by atoms with Gasteiger partial charge in [0, 0.05) is 50.7 Å². The molecule has 0 aliphatic carbocycles. The number of Topliss-reactive ketones (excluding diaryl/α,β-unsaturated/α-hetero) is 3. The van der Waals surface area contributed by atoms with Gasteiger partial charge in [-0.15, -0.1) is 0 Å². The van der Waals surface area contributed by atoms with Gasteiger partial charge in [0.2, 0.25) is 5.91 Å². The van der Waals surface area contributed by atoms with Crippen molar-refractivity contribution >= 4 is 23.3 Å². The number of ketones is 3. The Balaban J connectivity index is 0. The van der Waals surface area contributed by atoms with Crippen molar-refractivity contribution in [2.45, 2.75) is 104 Å². The van der Waals surface area contributed by atoms with Crippen molar-refractivity contribution in [3.63, 3.8) is 0 Å². The van der Waals surface area contributed by atoms with E-state index in [1.807, 2.05) is 41.5 Å². The zero-order valence-electron chi connectivity index (χ0n) is 28.2. The van der Waals surface area contributed by atoms with Crippen LogP contribution in [0.4, 0.5) is 0 Å². The summed E-state index contributed by atoms with van der Waals surface area (Å²) in [4.78, 5) is 44.6. The second-order valence-corrected chi connectivity index (χ2v) is 11.5. The second-order valence-electron chi connectivity index (χ2n) is 11.5. The summed E-state index contributed by atoms with van der Waals surface area (Å²) in [6, 6.07) is 0. The summed E-state index contributed by atoms with van der Waals surface area (Å²) < 4.78 is 20.4. The van der Waals surface area contributed by atoms with Crippen LogP contribution in [0.3, 0.4) is 0 Å². The standard InChI is InChI=1S/C17H31NO8.C9H18O3.C5H11NO/c1-10(2)11(20)5-3-4-6-13(21)18-7-8-25-17-16(24)15(23)14(22)12(9-19)26-17;1-8(2)9(10)4-5-12-7-6-11-3;1-4(2)5(7)3-6/h10,12,14-17,19,22-24H,3-9H2,1-2H3,(H,18,21);8H,4-7H2,1-3H3;4H,3,6H2,1-2H3/t12-,14-,15+,16-,17-;;/m1../s1. The molecular weight excluding hydrogens is 592 g/mol. The Morgan fingerprint density at radius 3 is 1.80 bits per heavy atom. The molecule has 0 aromatic heterocycles. The minimum atomic E-state index is -1.49. The third kappa shape index (κ3) is 22.3. The van der Waals surface area contributed by atoms with Crippen LogP contribution < -0.4 is 11.1 Å². The molecule has 1 rings (SSSR count). The van der Waals surface area contributed by atoms with Gasteiger partial charge in [0.25, 0.3) is 0 Å². The zero-order valence-corrected chi connectivity index (χ0v) is 28.2. The van der Waals surface area contributed by atoms with Gasteiger partial charge in [-0.05, 0) is 12.8 Å². The van der Waals surface area contributed by atoms with E-state index in [4.69, 9.17) is 29.8 Å². The van der Waals surface area contributed by atoms with Crippen molar-refractivity contribution in [2.24, 2.45) is 23.5 Å². The second kappa shape index (κ2) is 27.3. The fourth-order valence-electron chi connectivity index (χ4n) is 3.47. The lowest BCUT2D eigenvalue weighted by atomic mass is 9.99. The minimum Gasteiger partial charge on any atom is -0.394 e. The van der Waals surface area contributed by atoms with Crippen LogP contribution in [0.1, 0.15) is 73.6 Å². The van der Waals surface area contributed by atoms with Gasteiger partial charge in [-0.2, -0.15) is 0 Å². The fourth-order valence-corrected chi connectivity index (χ4v) is 3.47. The zero-order chi connectivity index (χ0) is 34.9. The molecule has 0 unspecified atom stereocenters. The van der Waals surface area contributed by atoms with E-state index in [1.54, 1.807) is 7.11 Å². The Kier molecular flexibility index (Phi) is 27.4. The Labute approximate surface area is 268 Å². The van der Waals surface area contributed by atoms with Crippen LogP contribution in [-0.4, -0.2) is 128 Å². The molecule has 0 spiro atoms. The number of nitrogens with two attached hydrogens (primary N) is 1. The molecule has 0 saturated carbocycles. The summed E-state index contributed by atoms with van der Waals surface area (Å²) in [5.41, 5.74) is 5.02. The number of carbonyl (C=O) groups is 4. The third-order valence-corrected chi connectivity index (χ3v) is 6.69. The molecule has 1 amide bonds. The van der Waals surface area contributed by atoms with Crippen molar-refractivity contribution in [1.29, 1.82) is 0 Å². The van der Waals surface area contributed by atoms with Crippen LogP contribution in [-0.2, 0) is 38.1 Å². The predicted octanol–water partition coefficient (Wildman–Crippen LogP) is 0.139. The number of hydrogen-bond donors (Lipinski definition) is 6. The summed E-state index contributed by atoms with van der Waals surface area (Å²) in [5, 5.41) is 40.8. The maximum absolute atomic E-state index is 11.7. The molecule has 5 atom stereocenters. The summed E-state index contributed by atoms with van der Waals surface area (Å²) in [6.07, 6.45) is -4.01. The Bertz CT molecular complexity index is 807. The van der Waals surface area contributed by atoms with Crippen molar-refractivity contribution in [2.75, 3.05) is 53.2 Å². The van der Waals surface area contributed by atoms with Crippen LogP contribution in [0.5, 0.6) is 0 Å². The van der Waals surface area contributed by atoms with E-state index in [9.17, 15) is 34.5 Å². The average molecular weight is 653 g/mol. The topological polar surface area (TPSA) is 224 Å². The van der Waals surface area contributed by atoms with Gasteiger partial charge in [0.05, 0.1) is 39.6 Å². The SMILES string of the molecule is CC(C)C(=O)CCCCC(=O)NCCO[C@@H]1O[C@H](CO)[C@@H](O)[C@H](O)[C@H]1O.CC(C)C(=O)CN.COCCOCCC(=O)C(C)C. The largest absolute Gasteiger partial charge is 0.394 e. The molecule has 1 fully saturated rings. The first-order valence-corrected chi connectivity index (χ1v) is 15.7. The van der Waals surface area contributed by atoms with Crippen LogP contribution >= 0.6 is 0 Å². The van der Waals surface area contributed by atoms with Crippen molar-refractivity contribution in [3.05, 3.63) is 0 Å². The number of aliphatic hydroxyl groups is 4. The molecule has 0 aromatic rings.